The minimum Gasteiger partial charge on any atom is -0.550 e. The first-order chi connectivity index (χ1) is 10.6. The lowest BCUT2D eigenvalue weighted by molar-refractivity contribution is -0.311. The van der Waals surface area contributed by atoms with E-state index in [4.69, 9.17) is 9.47 Å². The molecule has 1 saturated heterocycles. The average molecular weight is 306 g/mol. The van der Waals surface area contributed by atoms with Gasteiger partial charge in [0.2, 0.25) is 5.91 Å². The van der Waals surface area contributed by atoms with Crippen LogP contribution in [-0.4, -0.2) is 37.0 Å². The number of para-hydroxylation sites is 1. The van der Waals surface area contributed by atoms with E-state index >= 15 is 0 Å². The topological polar surface area (TPSA) is 78.9 Å². The Hall–Kier alpha value is -2.24. The number of carbonyl (C=O) groups is 2. The van der Waals surface area contributed by atoms with E-state index in [2.05, 4.69) is 0 Å². The molecule has 1 amide bonds. The quantitative estimate of drug-likeness (QED) is 0.736. The lowest BCUT2D eigenvalue weighted by Gasteiger charge is -2.20. The summed E-state index contributed by atoms with van der Waals surface area (Å²) in [6.07, 6.45) is 0.852. The molecule has 1 heterocycles. The average Bonchev–Trinajstić information content (AvgIpc) is 2.87. The second-order valence-electron chi connectivity index (χ2n) is 5.29. The van der Waals surface area contributed by atoms with Gasteiger partial charge in [-0.2, -0.15) is 0 Å². The number of carbonyl (C=O) groups excluding carboxylic acids is 2. The second-order valence-corrected chi connectivity index (χ2v) is 5.29. The zero-order valence-electron chi connectivity index (χ0n) is 12.8. The molecule has 1 aromatic rings. The van der Waals surface area contributed by atoms with Gasteiger partial charge < -0.3 is 24.3 Å². The number of nitrogens with zero attached hydrogens (tertiary/aromatic N) is 1. The number of likely N-dealkylation sites (tertiary alicyclic amines) is 1. The van der Waals surface area contributed by atoms with Gasteiger partial charge >= 0.3 is 0 Å². The maximum atomic E-state index is 11.9. The number of hydrogen-bond donors (Lipinski definition) is 0. The first-order valence-corrected chi connectivity index (χ1v) is 7.34. The molecule has 120 valence electrons. The van der Waals surface area contributed by atoms with Crippen LogP contribution in [0.5, 0.6) is 11.5 Å². The van der Waals surface area contributed by atoms with Crippen molar-refractivity contribution in [3.63, 3.8) is 0 Å². The van der Waals surface area contributed by atoms with E-state index in [9.17, 15) is 14.7 Å². The summed E-state index contributed by atoms with van der Waals surface area (Å²) in [5.41, 5.74) is 0.806. The normalized spacial score (nSPS) is 17.6. The molecule has 1 fully saturated rings. The van der Waals surface area contributed by atoms with Gasteiger partial charge in [0.25, 0.3) is 0 Å². The number of aliphatic carboxylic acids is 1. The molecule has 0 unspecified atom stereocenters. The fourth-order valence-corrected chi connectivity index (χ4v) is 2.50. The summed E-state index contributed by atoms with van der Waals surface area (Å²) in [5, 5.41) is 10.9. The molecule has 0 radical (unpaired) electrons. The van der Waals surface area contributed by atoms with Crippen molar-refractivity contribution in [3.05, 3.63) is 23.8 Å². The van der Waals surface area contributed by atoms with Gasteiger partial charge in [0.15, 0.2) is 11.5 Å². The highest BCUT2D eigenvalue weighted by molar-refractivity contribution is 5.85. The highest BCUT2D eigenvalue weighted by Crippen LogP contribution is 2.33. The molecule has 0 spiro atoms. The molecular weight excluding hydrogens is 286 g/mol. The molecule has 1 aliphatic heterocycles. The van der Waals surface area contributed by atoms with Crippen molar-refractivity contribution in [3.8, 4) is 11.5 Å². The van der Waals surface area contributed by atoms with Gasteiger partial charge in [-0.25, -0.2) is 0 Å². The lowest BCUT2D eigenvalue weighted by Crippen LogP contribution is -2.33. The smallest absolute Gasteiger partial charge is 0.223 e. The number of benzene rings is 1. The number of carboxylic acid groups (broad SMARTS) is 1. The van der Waals surface area contributed by atoms with E-state index < -0.39 is 11.9 Å². The second kappa shape index (κ2) is 7.15. The monoisotopic (exact) mass is 306 g/mol. The zero-order chi connectivity index (χ0) is 16.1. The van der Waals surface area contributed by atoms with E-state index in [0.29, 0.717) is 24.7 Å². The van der Waals surface area contributed by atoms with Crippen molar-refractivity contribution < 1.29 is 24.2 Å². The van der Waals surface area contributed by atoms with Crippen LogP contribution in [0.25, 0.3) is 0 Å². The van der Waals surface area contributed by atoms with Gasteiger partial charge in [0, 0.05) is 37.0 Å². The Morgan fingerprint density at radius 3 is 2.82 bits per heavy atom. The van der Waals surface area contributed by atoms with Crippen molar-refractivity contribution >= 4 is 11.9 Å². The molecule has 1 aromatic carbocycles. The van der Waals surface area contributed by atoms with Crippen molar-refractivity contribution in [2.75, 3.05) is 20.3 Å². The number of rotatable bonds is 7. The first kappa shape index (κ1) is 16.1. The standard InChI is InChI=1S/C16H21NO5/c1-3-7-22-15-11(5-4-6-13(15)21-2)9-17-10-12(16(19)20)8-14(17)18/h4-6,12H,3,7-10H2,1-2H3,(H,19,20)/p-1/t12-/m1/s1. The summed E-state index contributed by atoms with van der Waals surface area (Å²) in [6, 6.07) is 5.47. The van der Waals surface area contributed by atoms with Gasteiger partial charge in [-0.1, -0.05) is 19.1 Å². The first-order valence-electron chi connectivity index (χ1n) is 7.34. The lowest BCUT2D eigenvalue weighted by atomic mass is 10.1. The van der Waals surface area contributed by atoms with E-state index in [0.717, 1.165) is 12.0 Å². The Morgan fingerprint density at radius 1 is 1.45 bits per heavy atom. The molecule has 6 nitrogen and oxygen atoms in total. The highest BCUT2D eigenvalue weighted by Gasteiger charge is 2.31. The van der Waals surface area contributed by atoms with E-state index in [1.54, 1.807) is 13.2 Å². The molecular formula is C16H20NO5-. The molecule has 22 heavy (non-hydrogen) atoms. The van der Waals surface area contributed by atoms with Crippen LogP contribution in [0.3, 0.4) is 0 Å². The van der Waals surface area contributed by atoms with Gasteiger partial charge in [0.05, 0.1) is 13.7 Å². The van der Waals surface area contributed by atoms with Crippen LogP contribution in [0.2, 0.25) is 0 Å². The Morgan fingerprint density at radius 2 is 2.23 bits per heavy atom. The van der Waals surface area contributed by atoms with E-state index in [-0.39, 0.29) is 18.9 Å². The summed E-state index contributed by atoms with van der Waals surface area (Å²) in [7, 11) is 1.56. The number of amides is 1. The Bertz CT molecular complexity index is 557. The fraction of sp³-hybridized carbons (Fsp3) is 0.500. The van der Waals surface area contributed by atoms with Crippen LogP contribution in [0.1, 0.15) is 25.3 Å². The van der Waals surface area contributed by atoms with Crippen LogP contribution < -0.4 is 14.6 Å². The van der Waals surface area contributed by atoms with Gasteiger partial charge in [-0.3, -0.25) is 4.79 Å². The SMILES string of the molecule is CCCOc1c(CN2C[C@H](C(=O)[O-])CC2=O)cccc1OC. The van der Waals surface area contributed by atoms with E-state index in [1.807, 2.05) is 19.1 Å². The third-order valence-electron chi connectivity index (χ3n) is 3.64. The van der Waals surface area contributed by atoms with E-state index in [1.165, 1.54) is 4.90 Å². The molecule has 0 aromatic heterocycles. The largest absolute Gasteiger partial charge is 0.550 e. The van der Waals surface area contributed by atoms with Crippen molar-refractivity contribution in [2.24, 2.45) is 5.92 Å². The highest BCUT2D eigenvalue weighted by atomic mass is 16.5. The van der Waals surface area contributed by atoms with Crippen LogP contribution in [-0.2, 0) is 16.1 Å². The Labute approximate surface area is 129 Å². The molecule has 6 heteroatoms. The van der Waals surface area contributed by atoms with Crippen LogP contribution in [0, 0.1) is 5.92 Å². The molecule has 0 N–H and O–H groups in total. The number of carboxylic acids is 1. The maximum absolute atomic E-state index is 11.9. The number of ether oxygens (including phenoxy) is 2. The summed E-state index contributed by atoms with van der Waals surface area (Å²) < 4.78 is 11.0. The predicted molar refractivity (Wildman–Crippen MR) is 77.3 cm³/mol. The third-order valence-corrected chi connectivity index (χ3v) is 3.64. The molecule has 0 aliphatic carbocycles. The number of methoxy groups -OCH3 is 1. The fourth-order valence-electron chi connectivity index (χ4n) is 2.50. The Kier molecular flexibility index (Phi) is 5.25. The molecule has 1 atom stereocenters. The molecule has 2 rings (SSSR count). The van der Waals surface area contributed by atoms with Crippen molar-refractivity contribution in [1.29, 1.82) is 0 Å². The van der Waals surface area contributed by atoms with Crippen molar-refractivity contribution in [1.82, 2.24) is 4.90 Å². The van der Waals surface area contributed by atoms with Gasteiger partial charge in [-0.15, -0.1) is 0 Å². The predicted octanol–water partition coefficient (Wildman–Crippen LogP) is 0.582. The van der Waals surface area contributed by atoms with Crippen molar-refractivity contribution in [2.45, 2.75) is 26.3 Å². The zero-order valence-corrected chi connectivity index (χ0v) is 12.8. The molecule has 0 bridgehead atoms. The van der Waals surface area contributed by atoms with Crippen LogP contribution >= 0.6 is 0 Å². The Balaban J connectivity index is 2.18. The number of hydrogen-bond acceptors (Lipinski definition) is 5. The summed E-state index contributed by atoms with van der Waals surface area (Å²) in [5.74, 6) is -0.883. The van der Waals surface area contributed by atoms with Crippen LogP contribution in [0.15, 0.2) is 18.2 Å². The van der Waals surface area contributed by atoms with Crippen LogP contribution in [0.4, 0.5) is 0 Å². The maximum Gasteiger partial charge on any atom is 0.223 e. The minimum atomic E-state index is -1.18. The summed E-state index contributed by atoms with van der Waals surface area (Å²) >= 11 is 0. The molecule has 0 saturated carbocycles. The minimum absolute atomic E-state index is 0.00253. The van der Waals surface area contributed by atoms with Gasteiger partial charge in [0.1, 0.15) is 0 Å². The third kappa shape index (κ3) is 3.50. The summed E-state index contributed by atoms with van der Waals surface area (Å²) in [4.78, 5) is 24.4. The summed E-state index contributed by atoms with van der Waals surface area (Å²) in [6.45, 7) is 3.02. The van der Waals surface area contributed by atoms with Gasteiger partial charge in [-0.05, 0) is 12.5 Å². The molecule has 1 aliphatic rings.